The molecule has 1 fully saturated rings. The first-order valence-corrected chi connectivity index (χ1v) is 6.95. The van der Waals surface area contributed by atoms with Gasteiger partial charge in [-0.05, 0) is 6.92 Å². The Morgan fingerprint density at radius 2 is 2.00 bits per heavy atom. The molecule has 0 aliphatic carbocycles. The van der Waals surface area contributed by atoms with Crippen LogP contribution in [-0.4, -0.2) is 41.8 Å². The zero-order valence-electron chi connectivity index (χ0n) is 12.4. The highest BCUT2D eigenvalue weighted by atomic mass is 19.1. The largest absolute Gasteiger partial charge is 0.464 e. The topological polar surface area (TPSA) is 55.3 Å². The van der Waals surface area contributed by atoms with Crippen LogP contribution in [0.2, 0.25) is 0 Å². The Kier molecular flexibility index (Phi) is 3.52. The van der Waals surface area contributed by atoms with Crippen molar-refractivity contribution in [3.63, 3.8) is 0 Å². The molecule has 2 heterocycles. The van der Waals surface area contributed by atoms with E-state index in [4.69, 9.17) is 0 Å². The molecule has 0 unspecified atom stereocenters. The lowest BCUT2D eigenvalue weighted by molar-refractivity contribution is 0.0593. The number of esters is 1. The summed E-state index contributed by atoms with van der Waals surface area (Å²) in [4.78, 5) is 22.2. The van der Waals surface area contributed by atoms with Gasteiger partial charge in [0.05, 0.1) is 26.4 Å². The molecule has 6 heteroatoms. The molecule has 0 spiro atoms. The molecule has 5 nitrogen and oxygen atoms in total. The van der Waals surface area contributed by atoms with Crippen molar-refractivity contribution in [2.45, 2.75) is 12.6 Å². The van der Waals surface area contributed by atoms with Gasteiger partial charge in [0.2, 0.25) is 0 Å². The molecule has 0 bridgehead atoms. The number of rotatable bonds is 3. The van der Waals surface area contributed by atoms with Crippen LogP contribution in [0.15, 0.2) is 36.5 Å². The van der Waals surface area contributed by atoms with Crippen LogP contribution in [0.25, 0.3) is 11.3 Å². The van der Waals surface area contributed by atoms with Crippen molar-refractivity contribution in [2.24, 2.45) is 0 Å². The lowest BCUT2D eigenvalue weighted by atomic mass is 9.98. The van der Waals surface area contributed by atoms with E-state index in [0.717, 1.165) is 5.56 Å². The number of anilines is 1. The van der Waals surface area contributed by atoms with Crippen molar-refractivity contribution < 1.29 is 13.9 Å². The Balaban J connectivity index is 2.04. The Hall–Kier alpha value is -2.50. The molecule has 1 aliphatic heterocycles. The first-order chi connectivity index (χ1) is 10.5. The van der Waals surface area contributed by atoms with Crippen LogP contribution < -0.4 is 4.90 Å². The molecule has 2 aromatic rings. The number of aromatic nitrogens is 2. The molecule has 1 aromatic heterocycles. The van der Waals surface area contributed by atoms with Gasteiger partial charge in [-0.15, -0.1) is 0 Å². The lowest BCUT2D eigenvalue weighted by Gasteiger charge is -2.43. The van der Waals surface area contributed by atoms with Crippen molar-refractivity contribution in [3.8, 4) is 11.3 Å². The van der Waals surface area contributed by atoms with Crippen LogP contribution in [0.1, 0.15) is 17.4 Å². The van der Waals surface area contributed by atoms with Gasteiger partial charge in [0, 0.05) is 5.56 Å². The average molecular weight is 301 g/mol. The highest BCUT2D eigenvalue weighted by Gasteiger charge is 2.40. The van der Waals surface area contributed by atoms with E-state index in [0.29, 0.717) is 11.5 Å². The molecule has 1 aliphatic rings. The van der Waals surface area contributed by atoms with Crippen molar-refractivity contribution in [1.29, 1.82) is 0 Å². The van der Waals surface area contributed by atoms with Crippen LogP contribution in [0.5, 0.6) is 0 Å². The van der Waals surface area contributed by atoms with E-state index >= 15 is 0 Å². The van der Waals surface area contributed by atoms with Crippen molar-refractivity contribution >= 4 is 11.8 Å². The van der Waals surface area contributed by atoms with Gasteiger partial charge in [0.15, 0.2) is 11.5 Å². The summed E-state index contributed by atoms with van der Waals surface area (Å²) in [6.07, 6.45) is 1.36. The fourth-order valence-electron chi connectivity index (χ4n) is 2.51. The van der Waals surface area contributed by atoms with E-state index in [-0.39, 0.29) is 18.8 Å². The molecule has 0 N–H and O–H groups in total. The third kappa shape index (κ3) is 2.64. The van der Waals surface area contributed by atoms with Gasteiger partial charge in [0.1, 0.15) is 11.4 Å². The minimum absolute atomic E-state index is 0.133. The Labute approximate surface area is 127 Å². The maximum absolute atomic E-state index is 13.8. The van der Waals surface area contributed by atoms with E-state index in [9.17, 15) is 9.18 Å². The summed E-state index contributed by atoms with van der Waals surface area (Å²) in [6.45, 7) is 2.08. The zero-order chi connectivity index (χ0) is 15.7. The number of nitrogens with zero attached hydrogens (tertiary/aromatic N) is 3. The number of alkyl halides is 1. The van der Waals surface area contributed by atoms with Gasteiger partial charge in [-0.1, -0.05) is 30.3 Å². The van der Waals surface area contributed by atoms with Crippen molar-refractivity contribution in [3.05, 3.63) is 42.2 Å². The van der Waals surface area contributed by atoms with E-state index in [1.807, 2.05) is 35.2 Å². The number of carbonyl (C=O) groups excluding carboxylic acids is 1. The Morgan fingerprint density at radius 3 is 2.59 bits per heavy atom. The predicted octanol–water partition coefficient (Wildman–Crippen LogP) is 2.48. The average Bonchev–Trinajstić information content (AvgIpc) is 2.52. The summed E-state index contributed by atoms with van der Waals surface area (Å²) in [7, 11) is 1.30. The highest BCUT2D eigenvalue weighted by molar-refractivity contribution is 5.88. The number of methoxy groups -OCH3 is 1. The molecular formula is C16H16FN3O2. The summed E-state index contributed by atoms with van der Waals surface area (Å²) in [5.41, 5.74) is 0.298. The molecule has 0 saturated carbocycles. The standard InChI is InChI=1S/C16H16FN3O2/c1-16(17)9-20(10-16)14-13(11-6-4-3-5-7-11)19-12(8-18-14)15(21)22-2/h3-8H,9-10H2,1-2H3. The highest BCUT2D eigenvalue weighted by Crippen LogP contribution is 2.34. The number of halogens is 1. The van der Waals surface area contributed by atoms with E-state index in [1.165, 1.54) is 13.3 Å². The van der Waals surface area contributed by atoms with Gasteiger partial charge in [-0.3, -0.25) is 0 Å². The van der Waals surface area contributed by atoms with Crippen LogP contribution in [0.3, 0.4) is 0 Å². The molecular weight excluding hydrogens is 285 g/mol. The lowest BCUT2D eigenvalue weighted by Crippen LogP contribution is -2.57. The maximum Gasteiger partial charge on any atom is 0.358 e. The second-order valence-electron chi connectivity index (χ2n) is 5.55. The third-order valence-corrected chi connectivity index (χ3v) is 3.54. The maximum atomic E-state index is 13.8. The fraction of sp³-hybridized carbons (Fsp3) is 0.312. The molecule has 114 valence electrons. The summed E-state index contributed by atoms with van der Waals surface area (Å²) < 4.78 is 18.5. The number of ether oxygens (including phenoxy) is 1. The minimum atomic E-state index is -1.21. The molecule has 1 aromatic carbocycles. The minimum Gasteiger partial charge on any atom is -0.464 e. The normalized spacial score (nSPS) is 16.0. The number of carbonyl (C=O) groups is 1. The van der Waals surface area contributed by atoms with Gasteiger partial charge < -0.3 is 9.64 Å². The van der Waals surface area contributed by atoms with E-state index < -0.39 is 11.6 Å². The van der Waals surface area contributed by atoms with Crippen molar-refractivity contribution in [1.82, 2.24) is 9.97 Å². The molecule has 0 radical (unpaired) electrons. The van der Waals surface area contributed by atoms with Crippen LogP contribution in [-0.2, 0) is 4.74 Å². The third-order valence-electron chi connectivity index (χ3n) is 3.54. The van der Waals surface area contributed by atoms with Gasteiger partial charge in [-0.2, -0.15) is 0 Å². The van der Waals surface area contributed by atoms with Gasteiger partial charge >= 0.3 is 5.97 Å². The predicted molar refractivity (Wildman–Crippen MR) is 80.5 cm³/mol. The quantitative estimate of drug-likeness (QED) is 0.815. The number of hydrogen-bond acceptors (Lipinski definition) is 5. The molecule has 0 amide bonds. The van der Waals surface area contributed by atoms with Crippen molar-refractivity contribution in [2.75, 3.05) is 25.1 Å². The second-order valence-corrected chi connectivity index (χ2v) is 5.55. The summed E-state index contributed by atoms with van der Waals surface area (Å²) in [6, 6.07) is 9.40. The monoisotopic (exact) mass is 301 g/mol. The first kappa shape index (κ1) is 14.4. The molecule has 22 heavy (non-hydrogen) atoms. The summed E-state index contributed by atoms with van der Waals surface area (Å²) in [5.74, 6) is 0.0316. The first-order valence-electron chi connectivity index (χ1n) is 6.95. The smallest absolute Gasteiger partial charge is 0.358 e. The van der Waals surface area contributed by atoms with E-state index in [1.54, 1.807) is 6.92 Å². The van der Waals surface area contributed by atoms with Gasteiger partial charge in [0.25, 0.3) is 0 Å². The SMILES string of the molecule is COC(=O)c1cnc(N2CC(C)(F)C2)c(-c2ccccc2)n1. The fourth-order valence-corrected chi connectivity index (χ4v) is 2.51. The van der Waals surface area contributed by atoms with Crippen LogP contribution in [0.4, 0.5) is 10.2 Å². The van der Waals surface area contributed by atoms with Gasteiger partial charge in [-0.25, -0.2) is 19.2 Å². The summed E-state index contributed by atoms with van der Waals surface area (Å²) >= 11 is 0. The molecule has 1 saturated heterocycles. The summed E-state index contributed by atoms with van der Waals surface area (Å²) in [5, 5.41) is 0. The zero-order valence-corrected chi connectivity index (χ0v) is 12.4. The Morgan fingerprint density at radius 1 is 1.32 bits per heavy atom. The van der Waals surface area contributed by atoms with E-state index in [2.05, 4.69) is 14.7 Å². The van der Waals surface area contributed by atoms with Crippen LogP contribution in [0, 0.1) is 0 Å². The number of hydrogen-bond donors (Lipinski definition) is 0. The van der Waals surface area contributed by atoms with Crippen LogP contribution >= 0.6 is 0 Å². The Bertz CT molecular complexity index is 696. The molecule has 3 rings (SSSR count). The second kappa shape index (κ2) is 5.36. The number of benzene rings is 1. The molecule has 0 atom stereocenters.